The lowest BCUT2D eigenvalue weighted by atomic mass is 9.84. The van der Waals surface area contributed by atoms with Gasteiger partial charge in [0.05, 0.1) is 48.6 Å². The number of hydrazine groups is 1. The highest BCUT2D eigenvalue weighted by Gasteiger charge is 2.35. The van der Waals surface area contributed by atoms with E-state index in [1.165, 1.54) is 17.1 Å². The Hall–Kier alpha value is -5.20. The van der Waals surface area contributed by atoms with Gasteiger partial charge in [0, 0.05) is 81.4 Å². The molecule has 17 heteroatoms. The summed E-state index contributed by atoms with van der Waals surface area (Å²) in [5.74, 6) is -1.75. The monoisotopic (exact) mass is 932 g/mol. The molecule has 5 heterocycles. The summed E-state index contributed by atoms with van der Waals surface area (Å²) in [6, 6.07) is 10.6. The van der Waals surface area contributed by atoms with Crippen LogP contribution in [0.4, 0.5) is 19.3 Å². The minimum Gasteiger partial charge on any atom is -0.480 e. The molecule has 2 aromatic carbocycles. The molecule has 3 unspecified atom stereocenters. The van der Waals surface area contributed by atoms with Crippen LogP contribution in [0.5, 0.6) is 0 Å². The number of hydrogen-bond acceptors (Lipinski definition) is 11. The number of carboxylic acid groups (broad SMARTS) is 1. The van der Waals surface area contributed by atoms with Crippen LogP contribution in [-0.4, -0.2) is 131 Å². The molecule has 3 saturated heterocycles. The van der Waals surface area contributed by atoms with E-state index in [-0.39, 0.29) is 37.3 Å². The highest BCUT2D eigenvalue weighted by atomic mass is 19.3. The first-order valence-corrected chi connectivity index (χ1v) is 23.4. The maximum absolute atomic E-state index is 14.9. The fourth-order valence-electron chi connectivity index (χ4n) is 9.52. The minimum atomic E-state index is -2.86. The summed E-state index contributed by atoms with van der Waals surface area (Å²) < 4.78 is 49.3. The number of nitrogens with one attached hydrogen (secondary N) is 2. The third kappa shape index (κ3) is 11.4. The average Bonchev–Trinajstić information content (AvgIpc) is 3.60. The van der Waals surface area contributed by atoms with E-state index in [1.54, 1.807) is 33.9 Å². The number of amides is 2. The number of hydrogen-bond donors (Lipinski definition) is 4. The Morgan fingerprint density at radius 3 is 2.49 bits per heavy atom. The van der Waals surface area contributed by atoms with Crippen molar-refractivity contribution in [3.8, 4) is 22.4 Å². The smallest absolute Gasteiger partial charge is 0.408 e. The molecule has 4 aromatic rings. The van der Waals surface area contributed by atoms with Crippen LogP contribution in [0, 0.1) is 5.41 Å². The maximum Gasteiger partial charge on any atom is 0.408 e. The maximum atomic E-state index is 14.9. The topological polar surface area (TPSA) is 171 Å². The predicted octanol–water partition coefficient (Wildman–Crippen LogP) is 7.13. The number of ether oxygens (including phenoxy) is 3. The number of aliphatic hydroxyl groups is 1. The summed E-state index contributed by atoms with van der Waals surface area (Å²) in [6.45, 7) is 18.7. The van der Waals surface area contributed by atoms with Gasteiger partial charge in [-0.3, -0.25) is 24.5 Å². The molecule has 4 N–H and O–H groups in total. The zero-order valence-corrected chi connectivity index (χ0v) is 40.0. The zero-order valence-electron chi connectivity index (χ0n) is 40.0. The van der Waals surface area contributed by atoms with Crippen molar-refractivity contribution in [2.24, 2.45) is 5.41 Å². The molecule has 0 saturated carbocycles. The summed E-state index contributed by atoms with van der Waals surface area (Å²) in [7, 11) is 1.66. The van der Waals surface area contributed by atoms with E-state index in [0.717, 1.165) is 71.9 Å². The molecule has 4 atom stereocenters. The zero-order chi connectivity index (χ0) is 48.4. The van der Waals surface area contributed by atoms with Crippen LogP contribution in [-0.2, 0) is 43.2 Å². The number of aromatic nitrogens is 2. The Morgan fingerprint density at radius 2 is 1.81 bits per heavy atom. The van der Waals surface area contributed by atoms with Gasteiger partial charge in [-0.1, -0.05) is 32.0 Å². The quantitative estimate of drug-likeness (QED) is 0.0953. The summed E-state index contributed by atoms with van der Waals surface area (Å²) >= 11 is 0. The number of pyridine rings is 1. The van der Waals surface area contributed by atoms with Crippen molar-refractivity contribution in [2.75, 3.05) is 64.6 Å². The van der Waals surface area contributed by atoms with Gasteiger partial charge >= 0.3 is 12.1 Å². The second-order valence-electron chi connectivity index (χ2n) is 19.8. The van der Waals surface area contributed by atoms with Gasteiger partial charge < -0.3 is 39.2 Å². The molecule has 7 rings (SSSR count). The lowest BCUT2D eigenvalue weighted by Gasteiger charge is -2.44. The number of morpholine rings is 1. The number of aliphatic carboxylic acids is 1. The van der Waals surface area contributed by atoms with E-state index < -0.39 is 47.5 Å². The molecule has 0 aliphatic carbocycles. The second-order valence-corrected chi connectivity index (χ2v) is 19.8. The van der Waals surface area contributed by atoms with Gasteiger partial charge in [0.2, 0.25) is 0 Å². The van der Waals surface area contributed by atoms with E-state index in [4.69, 9.17) is 19.2 Å². The van der Waals surface area contributed by atoms with Crippen molar-refractivity contribution in [1.29, 1.82) is 0 Å². The number of alkyl halides is 2. The molecule has 2 aromatic heterocycles. The van der Waals surface area contributed by atoms with E-state index in [1.807, 2.05) is 45.2 Å². The van der Waals surface area contributed by atoms with Crippen molar-refractivity contribution in [2.45, 2.75) is 117 Å². The Balaban J connectivity index is 1.34. The van der Waals surface area contributed by atoms with Crippen LogP contribution in [0.25, 0.3) is 33.3 Å². The number of fused-ring (bicyclic) bond motifs is 2. The van der Waals surface area contributed by atoms with E-state index >= 15 is 0 Å². The van der Waals surface area contributed by atoms with Crippen molar-refractivity contribution < 1.29 is 47.6 Å². The Kier molecular flexibility index (Phi) is 15.3. The van der Waals surface area contributed by atoms with Gasteiger partial charge in [0.15, 0.2) is 0 Å². The SMILES string of the molecule is CCn1c(-c2cc(N3CCN4CCOCC4C3)cnc2[C@H](C)OC)c(CC(C)(C)CO)c2cc(-c3cc(CC(NC(=O)OC(C)(C)C)C(=O)N4CCCC(C(=O)O)N4)cc(C(F)F)c3)ccc21. The summed E-state index contributed by atoms with van der Waals surface area (Å²) in [5.41, 5.74) is 8.00. The van der Waals surface area contributed by atoms with Crippen molar-refractivity contribution in [3.05, 3.63) is 71.0 Å². The Morgan fingerprint density at radius 1 is 1.03 bits per heavy atom. The molecule has 2 amide bonds. The summed E-state index contributed by atoms with van der Waals surface area (Å²) in [5, 5.41) is 25.1. The third-order valence-electron chi connectivity index (χ3n) is 13.0. The van der Waals surface area contributed by atoms with E-state index in [9.17, 15) is 33.4 Å². The van der Waals surface area contributed by atoms with Gasteiger partial charge in [-0.15, -0.1) is 0 Å². The molecule has 67 heavy (non-hydrogen) atoms. The van der Waals surface area contributed by atoms with Crippen LogP contribution in [0.2, 0.25) is 0 Å². The standard InChI is InChI=1S/C50H67F2N7O8/c1-9-58-42-13-12-32(33-19-31(20-34(22-33)45(51)52)21-41(54-48(64)67-49(3,4)5)46(61)59-14-10-11-40(55-59)47(62)63)23-37(42)39(25-50(6,7)29-60)44(58)38-24-35(26-53-43(38)30(2)65-8)57-16-15-56-17-18-66-28-36(56)27-57/h12-13,19-20,22-24,26,30,36,40-41,45,55,60H,9-11,14-18,21,25,27-29H2,1-8H3,(H,54,64)(H,62,63)/t30-,36?,40?,41?/m0/s1. The molecule has 0 bridgehead atoms. The molecule has 0 spiro atoms. The van der Waals surface area contributed by atoms with Crippen LogP contribution in [0.1, 0.15) is 96.2 Å². The fraction of sp³-hybridized carbons (Fsp3) is 0.560. The van der Waals surface area contributed by atoms with Crippen molar-refractivity contribution in [3.63, 3.8) is 0 Å². The van der Waals surface area contributed by atoms with E-state index in [2.05, 4.69) is 38.1 Å². The first kappa shape index (κ1) is 49.7. The van der Waals surface area contributed by atoms with Gasteiger partial charge in [-0.05, 0) is 106 Å². The van der Waals surface area contributed by atoms with Crippen LogP contribution < -0.4 is 15.6 Å². The lowest BCUT2D eigenvalue weighted by Crippen LogP contribution is -2.60. The van der Waals surface area contributed by atoms with Gasteiger partial charge in [-0.2, -0.15) is 0 Å². The predicted molar refractivity (Wildman–Crippen MR) is 252 cm³/mol. The van der Waals surface area contributed by atoms with Gasteiger partial charge in [0.25, 0.3) is 12.3 Å². The largest absolute Gasteiger partial charge is 0.480 e. The van der Waals surface area contributed by atoms with Crippen LogP contribution >= 0.6 is 0 Å². The first-order valence-electron chi connectivity index (χ1n) is 23.4. The number of rotatable bonds is 15. The average molecular weight is 932 g/mol. The van der Waals surface area contributed by atoms with Gasteiger partial charge in [-0.25, -0.2) is 19.0 Å². The molecular weight excluding hydrogens is 865 g/mol. The molecule has 3 fully saturated rings. The Bertz CT molecular complexity index is 2440. The fourth-order valence-corrected chi connectivity index (χ4v) is 9.52. The number of nitrogens with zero attached hydrogens (tertiary/aromatic N) is 5. The van der Waals surface area contributed by atoms with Crippen molar-refractivity contribution in [1.82, 2.24) is 30.2 Å². The molecule has 364 valence electrons. The number of aryl methyl sites for hydroxylation is 1. The number of anilines is 1. The molecule has 0 radical (unpaired) electrons. The van der Waals surface area contributed by atoms with E-state index in [0.29, 0.717) is 49.1 Å². The number of carbonyl (C=O) groups excluding carboxylic acids is 2. The number of carboxylic acids is 1. The normalized spacial score (nSPS) is 19.3. The van der Waals surface area contributed by atoms with Gasteiger partial charge in [0.1, 0.15) is 17.7 Å². The number of methoxy groups -OCH3 is 1. The van der Waals surface area contributed by atoms with Crippen molar-refractivity contribution >= 4 is 34.6 Å². The number of benzene rings is 2. The summed E-state index contributed by atoms with van der Waals surface area (Å²) in [6.07, 6.45) is -1.18. The Labute approximate surface area is 391 Å². The second kappa shape index (κ2) is 20.6. The minimum absolute atomic E-state index is 0.0841. The first-order chi connectivity index (χ1) is 31.8. The number of aliphatic hydroxyl groups excluding tert-OH is 1. The molecule has 3 aliphatic rings. The molecule has 3 aliphatic heterocycles. The molecule has 15 nitrogen and oxygen atoms in total. The lowest BCUT2D eigenvalue weighted by molar-refractivity contribution is -0.147. The number of piperazine rings is 1. The number of halogens is 2. The number of alkyl carbamates (subject to hydrolysis) is 1. The highest BCUT2D eigenvalue weighted by Crippen LogP contribution is 2.43. The summed E-state index contributed by atoms with van der Waals surface area (Å²) in [4.78, 5) is 49.1. The molecular formula is C50H67F2N7O8. The van der Waals surface area contributed by atoms with Crippen LogP contribution in [0.15, 0.2) is 48.7 Å². The highest BCUT2D eigenvalue weighted by molar-refractivity contribution is 5.96. The number of carbonyl (C=O) groups is 3. The van der Waals surface area contributed by atoms with Crippen LogP contribution in [0.3, 0.4) is 0 Å². The third-order valence-corrected chi connectivity index (χ3v) is 13.0.